The van der Waals surface area contributed by atoms with Gasteiger partial charge in [0.25, 0.3) is 0 Å². The molecule has 0 fully saturated rings. The molecule has 0 unspecified atom stereocenters. The Morgan fingerprint density at radius 1 is 1.21 bits per heavy atom. The number of pyridine rings is 1. The largest absolute Gasteiger partial charge is 0.489 e. The van der Waals surface area contributed by atoms with Crippen LogP contribution in [-0.4, -0.2) is 12.0 Å². The van der Waals surface area contributed by atoms with Crippen molar-refractivity contribution in [3.8, 4) is 5.75 Å². The van der Waals surface area contributed by atoms with Gasteiger partial charge in [0.1, 0.15) is 18.2 Å². The third kappa shape index (κ3) is 3.47. The SMILES string of the molecule is CNc1ncccc1COc1cccc(C(C)C)c1. The monoisotopic (exact) mass is 256 g/mol. The Kier molecular flexibility index (Phi) is 4.39. The van der Waals surface area contributed by atoms with Gasteiger partial charge in [-0.2, -0.15) is 0 Å². The molecule has 0 spiro atoms. The van der Waals surface area contributed by atoms with Crippen LogP contribution >= 0.6 is 0 Å². The highest BCUT2D eigenvalue weighted by Gasteiger charge is 2.04. The number of benzene rings is 1. The molecule has 0 radical (unpaired) electrons. The second-order valence-electron chi connectivity index (χ2n) is 4.78. The number of nitrogens with one attached hydrogen (secondary N) is 1. The van der Waals surface area contributed by atoms with Gasteiger partial charge in [0.15, 0.2) is 0 Å². The van der Waals surface area contributed by atoms with Crippen LogP contribution in [-0.2, 0) is 6.61 Å². The number of anilines is 1. The van der Waals surface area contributed by atoms with E-state index in [1.807, 2.05) is 31.3 Å². The van der Waals surface area contributed by atoms with Gasteiger partial charge in [0, 0.05) is 18.8 Å². The van der Waals surface area contributed by atoms with Crippen LogP contribution in [0, 0.1) is 0 Å². The van der Waals surface area contributed by atoms with Crippen LogP contribution in [0.4, 0.5) is 5.82 Å². The fourth-order valence-electron chi connectivity index (χ4n) is 1.90. The molecule has 0 saturated carbocycles. The van der Waals surface area contributed by atoms with Gasteiger partial charge in [-0.25, -0.2) is 4.98 Å². The second kappa shape index (κ2) is 6.23. The third-order valence-corrected chi connectivity index (χ3v) is 3.05. The first kappa shape index (κ1) is 13.4. The molecule has 0 aliphatic rings. The summed E-state index contributed by atoms with van der Waals surface area (Å²) in [4.78, 5) is 4.26. The van der Waals surface area contributed by atoms with Gasteiger partial charge in [0.05, 0.1) is 0 Å². The summed E-state index contributed by atoms with van der Waals surface area (Å²) in [6.45, 7) is 4.88. The van der Waals surface area contributed by atoms with E-state index >= 15 is 0 Å². The zero-order valence-electron chi connectivity index (χ0n) is 11.7. The van der Waals surface area contributed by atoms with Gasteiger partial charge in [-0.15, -0.1) is 0 Å². The number of ether oxygens (including phenoxy) is 1. The highest BCUT2D eigenvalue weighted by atomic mass is 16.5. The lowest BCUT2D eigenvalue weighted by Crippen LogP contribution is -2.02. The van der Waals surface area contributed by atoms with Crippen LogP contribution < -0.4 is 10.1 Å². The van der Waals surface area contributed by atoms with Crippen molar-refractivity contribution in [2.45, 2.75) is 26.4 Å². The van der Waals surface area contributed by atoms with E-state index in [0.29, 0.717) is 12.5 Å². The van der Waals surface area contributed by atoms with Gasteiger partial charge in [-0.05, 0) is 29.7 Å². The van der Waals surface area contributed by atoms with E-state index in [1.54, 1.807) is 6.20 Å². The summed E-state index contributed by atoms with van der Waals surface area (Å²) in [7, 11) is 1.87. The van der Waals surface area contributed by atoms with Gasteiger partial charge in [0.2, 0.25) is 0 Å². The molecule has 100 valence electrons. The number of hydrogen-bond donors (Lipinski definition) is 1. The summed E-state index contributed by atoms with van der Waals surface area (Å²) in [5.74, 6) is 2.27. The van der Waals surface area contributed by atoms with Crippen molar-refractivity contribution in [3.63, 3.8) is 0 Å². The Morgan fingerprint density at radius 2 is 2.05 bits per heavy atom. The molecule has 2 rings (SSSR count). The van der Waals surface area contributed by atoms with E-state index in [1.165, 1.54) is 5.56 Å². The Balaban J connectivity index is 2.08. The van der Waals surface area contributed by atoms with E-state index < -0.39 is 0 Å². The van der Waals surface area contributed by atoms with E-state index in [9.17, 15) is 0 Å². The first-order valence-electron chi connectivity index (χ1n) is 6.55. The smallest absolute Gasteiger partial charge is 0.132 e. The van der Waals surface area contributed by atoms with Crippen LogP contribution in [0.2, 0.25) is 0 Å². The molecular weight excluding hydrogens is 236 g/mol. The Labute approximate surface area is 114 Å². The summed E-state index contributed by atoms with van der Waals surface area (Å²) in [5.41, 5.74) is 2.34. The van der Waals surface area contributed by atoms with Gasteiger partial charge < -0.3 is 10.1 Å². The molecule has 3 nitrogen and oxygen atoms in total. The van der Waals surface area contributed by atoms with Crippen molar-refractivity contribution in [1.29, 1.82) is 0 Å². The molecule has 1 aromatic heterocycles. The van der Waals surface area contributed by atoms with Crippen molar-refractivity contribution in [1.82, 2.24) is 4.98 Å². The van der Waals surface area contributed by atoms with E-state index in [0.717, 1.165) is 17.1 Å². The minimum Gasteiger partial charge on any atom is -0.489 e. The number of rotatable bonds is 5. The summed E-state index contributed by atoms with van der Waals surface area (Å²) < 4.78 is 5.85. The van der Waals surface area contributed by atoms with E-state index in [4.69, 9.17) is 4.74 Å². The molecular formula is C16H20N2O. The molecule has 1 heterocycles. The zero-order valence-corrected chi connectivity index (χ0v) is 11.7. The Bertz CT molecular complexity index is 538. The molecule has 0 amide bonds. The molecule has 1 aromatic carbocycles. The summed E-state index contributed by atoms with van der Waals surface area (Å²) >= 11 is 0. The fourth-order valence-corrected chi connectivity index (χ4v) is 1.90. The predicted octanol–water partition coefficient (Wildman–Crippen LogP) is 3.83. The minimum absolute atomic E-state index is 0.509. The van der Waals surface area contributed by atoms with Crippen molar-refractivity contribution in [2.24, 2.45) is 0 Å². The molecule has 2 aromatic rings. The van der Waals surface area contributed by atoms with Crippen LogP contribution in [0.3, 0.4) is 0 Å². The Hall–Kier alpha value is -2.03. The highest BCUT2D eigenvalue weighted by Crippen LogP contribution is 2.21. The van der Waals surface area contributed by atoms with Crippen LogP contribution in [0.1, 0.15) is 30.9 Å². The minimum atomic E-state index is 0.509. The maximum Gasteiger partial charge on any atom is 0.132 e. The van der Waals surface area contributed by atoms with E-state index in [2.05, 4.69) is 36.3 Å². The third-order valence-electron chi connectivity index (χ3n) is 3.05. The van der Waals surface area contributed by atoms with Crippen LogP contribution in [0.5, 0.6) is 5.75 Å². The predicted molar refractivity (Wildman–Crippen MR) is 78.6 cm³/mol. The fraction of sp³-hybridized carbons (Fsp3) is 0.312. The average molecular weight is 256 g/mol. The lowest BCUT2D eigenvalue weighted by molar-refractivity contribution is 0.306. The summed E-state index contributed by atoms with van der Waals surface area (Å²) in [5, 5.41) is 3.07. The van der Waals surface area contributed by atoms with E-state index in [-0.39, 0.29) is 0 Å². The number of aromatic nitrogens is 1. The molecule has 0 atom stereocenters. The lowest BCUT2D eigenvalue weighted by atomic mass is 10.0. The van der Waals surface area contributed by atoms with Gasteiger partial charge >= 0.3 is 0 Å². The molecule has 19 heavy (non-hydrogen) atoms. The summed E-state index contributed by atoms with van der Waals surface area (Å²) in [6, 6.07) is 12.2. The molecule has 1 N–H and O–H groups in total. The van der Waals surface area contributed by atoms with Crippen LogP contribution in [0.15, 0.2) is 42.6 Å². The first-order chi connectivity index (χ1) is 9.20. The standard InChI is InChI=1S/C16H20N2O/c1-12(2)13-6-4-8-15(10-13)19-11-14-7-5-9-18-16(14)17-3/h4-10,12H,11H2,1-3H3,(H,17,18). The van der Waals surface area contributed by atoms with Gasteiger partial charge in [-0.3, -0.25) is 0 Å². The maximum atomic E-state index is 5.85. The van der Waals surface area contributed by atoms with Crippen LogP contribution in [0.25, 0.3) is 0 Å². The van der Waals surface area contributed by atoms with Crippen molar-refractivity contribution >= 4 is 5.82 Å². The number of hydrogen-bond acceptors (Lipinski definition) is 3. The normalized spacial score (nSPS) is 10.5. The van der Waals surface area contributed by atoms with Crippen molar-refractivity contribution < 1.29 is 4.74 Å². The van der Waals surface area contributed by atoms with Crippen molar-refractivity contribution in [2.75, 3.05) is 12.4 Å². The second-order valence-corrected chi connectivity index (χ2v) is 4.78. The molecule has 0 aliphatic carbocycles. The highest BCUT2D eigenvalue weighted by molar-refractivity contribution is 5.43. The zero-order chi connectivity index (χ0) is 13.7. The lowest BCUT2D eigenvalue weighted by Gasteiger charge is -2.11. The van der Waals surface area contributed by atoms with Gasteiger partial charge in [-0.1, -0.05) is 32.0 Å². The topological polar surface area (TPSA) is 34.2 Å². The first-order valence-corrected chi connectivity index (χ1v) is 6.55. The number of nitrogens with zero attached hydrogens (tertiary/aromatic N) is 1. The Morgan fingerprint density at radius 3 is 2.79 bits per heavy atom. The summed E-state index contributed by atoms with van der Waals surface area (Å²) in [6.07, 6.45) is 1.77. The molecule has 3 heteroatoms. The molecule has 0 bridgehead atoms. The molecule has 0 saturated heterocycles. The van der Waals surface area contributed by atoms with Crippen molar-refractivity contribution in [3.05, 3.63) is 53.7 Å². The quantitative estimate of drug-likeness (QED) is 0.883. The average Bonchev–Trinajstić information content (AvgIpc) is 2.45. The molecule has 0 aliphatic heterocycles. The maximum absolute atomic E-state index is 5.85.